The summed E-state index contributed by atoms with van der Waals surface area (Å²) in [6.45, 7) is 0.217. The Morgan fingerprint density at radius 3 is 2.64 bits per heavy atom. The third-order valence-corrected chi connectivity index (χ3v) is 4.76. The molecule has 4 N–H and O–H groups in total. The highest BCUT2D eigenvalue weighted by Crippen LogP contribution is 2.35. The molecule has 2 aromatic heterocycles. The van der Waals surface area contributed by atoms with Gasteiger partial charge < -0.3 is 10.1 Å². The number of fused-ring (bicyclic) bond motifs is 1. The van der Waals surface area contributed by atoms with Crippen molar-refractivity contribution in [3.63, 3.8) is 0 Å². The van der Waals surface area contributed by atoms with E-state index in [0.29, 0.717) is 28.8 Å². The molecule has 0 radical (unpaired) electrons. The summed E-state index contributed by atoms with van der Waals surface area (Å²) in [5, 5.41) is 9.27. The van der Waals surface area contributed by atoms with E-state index in [9.17, 15) is 14.7 Å². The molecule has 7 heteroatoms. The zero-order chi connectivity index (χ0) is 15.5. The summed E-state index contributed by atoms with van der Waals surface area (Å²) in [5.74, 6) is 1.90. The van der Waals surface area contributed by atoms with Gasteiger partial charge in [-0.15, -0.1) is 0 Å². The Kier molecular flexibility index (Phi) is 4.42. The number of aryl methyl sites for hydroxylation is 1. The number of nitrogens with one attached hydrogen (secondary N) is 3. The molecule has 120 valence electrons. The minimum Gasteiger partial charge on any atom is -0.396 e. The van der Waals surface area contributed by atoms with Crippen LogP contribution >= 0.6 is 0 Å². The Hall–Kier alpha value is -1.89. The highest BCUT2D eigenvalue weighted by molar-refractivity contribution is 5.68. The lowest BCUT2D eigenvalue weighted by molar-refractivity contribution is 0.211. The van der Waals surface area contributed by atoms with Crippen molar-refractivity contribution in [3.05, 3.63) is 26.7 Å². The van der Waals surface area contributed by atoms with Gasteiger partial charge in [-0.05, 0) is 24.7 Å². The van der Waals surface area contributed by atoms with E-state index in [2.05, 4.69) is 19.9 Å². The lowest BCUT2D eigenvalue weighted by Crippen LogP contribution is -2.21. The van der Waals surface area contributed by atoms with Crippen LogP contribution in [0.15, 0.2) is 9.59 Å². The predicted molar refractivity (Wildman–Crippen MR) is 82.8 cm³/mol. The molecular formula is C15H22N4O3. The molecule has 0 aromatic carbocycles. The number of aliphatic hydroxyl groups excluding tert-OH is 1. The van der Waals surface area contributed by atoms with Gasteiger partial charge in [-0.25, -0.2) is 9.78 Å². The largest absolute Gasteiger partial charge is 0.396 e. The number of imidazole rings is 1. The molecule has 0 spiro atoms. The van der Waals surface area contributed by atoms with Crippen molar-refractivity contribution in [1.29, 1.82) is 0 Å². The molecule has 1 saturated carbocycles. The SMILES string of the molecule is O=c1[nH]c(=O)c2[nH]c(CCC(CCO)C3CCCC3)nc2[nH]1. The van der Waals surface area contributed by atoms with Crippen LogP contribution in [-0.4, -0.2) is 31.6 Å². The highest BCUT2D eigenvalue weighted by atomic mass is 16.3. The maximum absolute atomic E-state index is 11.7. The molecule has 1 unspecified atom stereocenters. The molecule has 1 fully saturated rings. The lowest BCUT2D eigenvalue weighted by atomic mass is 9.85. The van der Waals surface area contributed by atoms with E-state index in [1.807, 2.05) is 0 Å². The minimum atomic E-state index is -0.542. The van der Waals surface area contributed by atoms with Gasteiger partial charge in [-0.3, -0.25) is 14.8 Å². The van der Waals surface area contributed by atoms with Crippen LogP contribution in [0.4, 0.5) is 0 Å². The Balaban J connectivity index is 1.73. The van der Waals surface area contributed by atoms with Gasteiger partial charge >= 0.3 is 5.69 Å². The van der Waals surface area contributed by atoms with Crippen LogP contribution in [0.25, 0.3) is 11.2 Å². The molecule has 1 aliphatic carbocycles. The second kappa shape index (κ2) is 6.48. The fraction of sp³-hybridized carbons (Fsp3) is 0.667. The molecule has 0 saturated heterocycles. The zero-order valence-corrected chi connectivity index (χ0v) is 12.5. The van der Waals surface area contributed by atoms with Crippen LogP contribution in [0.3, 0.4) is 0 Å². The van der Waals surface area contributed by atoms with E-state index in [0.717, 1.165) is 19.3 Å². The van der Waals surface area contributed by atoms with Crippen molar-refractivity contribution in [2.45, 2.75) is 44.9 Å². The maximum atomic E-state index is 11.7. The molecule has 0 amide bonds. The first-order valence-corrected chi connectivity index (χ1v) is 7.99. The van der Waals surface area contributed by atoms with Crippen molar-refractivity contribution >= 4 is 11.2 Å². The van der Waals surface area contributed by atoms with Gasteiger partial charge in [0.25, 0.3) is 5.56 Å². The molecule has 3 rings (SSSR count). The van der Waals surface area contributed by atoms with Gasteiger partial charge in [0.1, 0.15) is 11.3 Å². The molecule has 22 heavy (non-hydrogen) atoms. The molecule has 1 atom stereocenters. The number of aliphatic hydroxyl groups is 1. The summed E-state index contributed by atoms with van der Waals surface area (Å²) in [5.41, 5.74) is -0.364. The third-order valence-electron chi connectivity index (χ3n) is 4.76. The predicted octanol–water partition coefficient (Wildman–Crippen LogP) is 1.06. The fourth-order valence-electron chi connectivity index (χ4n) is 3.63. The summed E-state index contributed by atoms with van der Waals surface area (Å²) in [7, 11) is 0. The van der Waals surface area contributed by atoms with Gasteiger partial charge in [0.2, 0.25) is 0 Å². The molecule has 7 nitrogen and oxygen atoms in total. The Labute approximate surface area is 127 Å². The van der Waals surface area contributed by atoms with Crippen LogP contribution in [-0.2, 0) is 6.42 Å². The summed E-state index contributed by atoms with van der Waals surface area (Å²) in [4.78, 5) is 34.9. The Bertz CT molecular complexity index is 739. The first-order valence-electron chi connectivity index (χ1n) is 7.99. The van der Waals surface area contributed by atoms with Crippen molar-refractivity contribution in [3.8, 4) is 0 Å². The molecule has 0 aliphatic heterocycles. The van der Waals surface area contributed by atoms with Gasteiger partial charge in [0, 0.05) is 13.0 Å². The monoisotopic (exact) mass is 306 g/mol. The topological polar surface area (TPSA) is 115 Å². The number of aromatic amines is 3. The molecule has 1 aliphatic rings. The number of hydrogen-bond acceptors (Lipinski definition) is 4. The third kappa shape index (κ3) is 3.14. The van der Waals surface area contributed by atoms with E-state index in [4.69, 9.17) is 0 Å². The van der Waals surface area contributed by atoms with Gasteiger partial charge in [-0.1, -0.05) is 25.7 Å². The van der Waals surface area contributed by atoms with E-state index < -0.39 is 11.2 Å². The van der Waals surface area contributed by atoms with Crippen molar-refractivity contribution in [1.82, 2.24) is 19.9 Å². The number of H-pyrrole nitrogens is 3. The van der Waals surface area contributed by atoms with Crippen LogP contribution in [0.2, 0.25) is 0 Å². The number of aromatic nitrogens is 4. The van der Waals surface area contributed by atoms with Crippen molar-refractivity contribution < 1.29 is 5.11 Å². The van der Waals surface area contributed by atoms with Gasteiger partial charge in [0.15, 0.2) is 5.65 Å². The van der Waals surface area contributed by atoms with Crippen LogP contribution < -0.4 is 11.2 Å². The van der Waals surface area contributed by atoms with E-state index in [1.165, 1.54) is 25.7 Å². The summed E-state index contributed by atoms with van der Waals surface area (Å²) in [6.07, 6.45) is 7.55. The second-order valence-corrected chi connectivity index (χ2v) is 6.17. The zero-order valence-electron chi connectivity index (χ0n) is 12.5. The Morgan fingerprint density at radius 1 is 1.14 bits per heavy atom. The van der Waals surface area contributed by atoms with Crippen LogP contribution in [0.1, 0.15) is 44.3 Å². The normalized spacial score (nSPS) is 17.3. The highest BCUT2D eigenvalue weighted by Gasteiger charge is 2.24. The molecular weight excluding hydrogens is 284 g/mol. The standard InChI is InChI=1S/C15H22N4O3/c20-8-7-10(9-3-1-2-4-9)5-6-11-16-12-13(17-11)18-15(22)19-14(12)21/h9-10,20H,1-8H2,(H3,16,17,18,19,21,22). The van der Waals surface area contributed by atoms with E-state index in [-0.39, 0.29) is 6.61 Å². The Morgan fingerprint density at radius 2 is 1.91 bits per heavy atom. The van der Waals surface area contributed by atoms with Crippen LogP contribution in [0, 0.1) is 11.8 Å². The number of hydrogen-bond donors (Lipinski definition) is 4. The minimum absolute atomic E-state index is 0.217. The van der Waals surface area contributed by atoms with Gasteiger partial charge in [-0.2, -0.15) is 0 Å². The maximum Gasteiger partial charge on any atom is 0.327 e. The molecule has 2 heterocycles. The van der Waals surface area contributed by atoms with Crippen LogP contribution in [0.5, 0.6) is 0 Å². The van der Waals surface area contributed by atoms with E-state index >= 15 is 0 Å². The van der Waals surface area contributed by atoms with Crippen molar-refractivity contribution in [2.75, 3.05) is 6.61 Å². The molecule has 2 aromatic rings. The number of nitrogens with zero attached hydrogens (tertiary/aromatic N) is 1. The van der Waals surface area contributed by atoms with Gasteiger partial charge in [0.05, 0.1) is 0 Å². The average molecular weight is 306 g/mol. The number of rotatable bonds is 6. The summed E-state index contributed by atoms with van der Waals surface area (Å²) in [6, 6.07) is 0. The first-order chi connectivity index (χ1) is 10.7. The first kappa shape index (κ1) is 15.0. The molecule has 0 bridgehead atoms. The smallest absolute Gasteiger partial charge is 0.327 e. The van der Waals surface area contributed by atoms with Crippen molar-refractivity contribution in [2.24, 2.45) is 11.8 Å². The average Bonchev–Trinajstić information content (AvgIpc) is 3.12. The summed E-state index contributed by atoms with van der Waals surface area (Å²) < 4.78 is 0. The fourth-order valence-corrected chi connectivity index (χ4v) is 3.63. The lowest BCUT2D eigenvalue weighted by Gasteiger charge is -2.22. The van der Waals surface area contributed by atoms with E-state index in [1.54, 1.807) is 0 Å². The second-order valence-electron chi connectivity index (χ2n) is 6.17. The summed E-state index contributed by atoms with van der Waals surface area (Å²) >= 11 is 0. The quantitative estimate of drug-likeness (QED) is 0.638.